The summed E-state index contributed by atoms with van der Waals surface area (Å²) in [4.78, 5) is 14.7. The molecule has 0 bridgehead atoms. The van der Waals surface area contributed by atoms with E-state index in [2.05, 4.69) is 9.71 Å². The van der Waals surface area contributed by atoms with Crippen molar-refractivity contribution in [1.29, 1.82) is 0 Å². The lowest BCUT2D eigenvalue weighted by Crippen LogP contribution is -2.13. The lowest BCUT2D eigenvalue weighted by Gasteiger charge is -2.08. The van der Waals surface area contributed by atoms with Gasteiger partial charge in [-0.05, 0) is 19.1 Å². The van der Waals surface area contributed by atoms with Crippen molar-refractivity contribution >= 4 is 67.3 Å². The van der Waals surface area contributed by atoms with Crippen molar-refractivity contribution < 1.29 is 17.9 Å². The molecule has 6 nitrogen and oxygen atoms in total. The number of nitrogens with one attached hydrogen (secondary N) is 1. The Balaban J connectivity index is 2.36. The van der Waals surface area contributed by atoms with E-state index in [1.165, 1.54) is 13.0 Å². The van der Waals surface area contributed by atoms with E-state index in [1.54, 1.807) is 6.92 Å². The van der Waals surface area contributed by atoms with Crippen molar-refractivity contribution in [2.24, 2.45) is 0 Å². The smallest absolute Gasteiger partial charge is 0.308 e. The minimum absolute atomic E-state index is 0.0286. The number of carbonyl (C=O) groups is 1. The Kier molecular flexibility index (Phi) is 5.42. The second-order valence-corrected chi connectivity index (χ2v) is 8.12. The number of aromatic nitrogens is 1. The summed E-state index contributed by atoms with van der Waals surface area (Å²) in [5.74, 6) is -0.529. The molecular weight excluding hydrogens is 407 g/mol. The lowest BCUT2D eigenvalue weighted by molar-refractivity contribution is -0.131. The van der Waals surface area contributed by atoms with Gasteiger partial charge in [0.25, 0.3) is 10.0 Å². The summed E-state index contributed by atoms with van der Waals surface area (Å²) in [6.45, 7) is 2.82. The van der Waals surface area contributed by atoms with Gasteiger partial charge in [0.1, 0.15) is 4.90 Å². The van der Waals surface area contributed by atoms with Crippen molar-refractivity contribution in [2.75, 3.05) is 4.72 Å². The monoisotopic (exact) mass is 414 g/mol. The van der Waals surface area contributed by atoms with Crippen LogP contribution in [-0.4, -0.2) is 19.4 Å². The number of esters is 1. The van der Waals surface area contributed by atoms with Crippen molar-refractivity contribution in [1.82, 2.24) is 4.98 Å². The maximum Gasteiger partial charge on any atom is 0.308 e. The van der Waals surface area contributed by atoms with Gasteiger partial charge in [-0.15, -0.1) is 0 Å². The van der Waals surface area contributed by atoms with Crippen LogP contribution in [0.1, 0.15) is 12.6 Å². The second kappa shape index (κ2) is 6.82. The van der Waals surface area contributed by atoms with Gasteiger partial charge >= 0.3 is 5.97 Å². The first-order valence-electron chi connectivity index (χ1n) is 5.93. The fourth-order valence-corrected chi connectivity index (χ4v) is 4.63. The Morgan fingerprint density at radius 2 is 1.83 bits per heavy atom. The summed E-state index contributed by atoms with van der Waals surface area (Å²) in [5, 5.41) is 0.335. The molecule has 0 saturated carbocycles. The number of hydrogen-bond donors (Lipinski definition) is 1. The largest absolute Gasteiger partial charge is 0.413 e. The predicted molar refractivity (Wildman–Crippen MR) is 90.4 cm³/mol. The zero-order chi connectivity index (χ0) is 17.4. The topological polar surface area (TPSA) is 85.4 Å². The Bertz CT molecular complexity index is 881. The first-order valence-corrected chi connectivity index (χ1v) is 9.36. The first kappa shape index (κ1) is 18.3. The Labute approximate surface area is 151 Å². The number of sulfonamides is 1. The number of nitrogens with zero attached hydrogens (tertiary/aromatic N) is 1. The molecule has 1 N–H and O–H groups in total. The zero-order valence-electron chi connectivity index (χ0n) is 11.7. The van der Waals surface area contributed by atoms with Gasteiger partial charge in [-0.3, -0.25) is 9.52 Å². The van der Waals surface area contributed by atoms with Crippen molar-refractivity contribution in [3.05, 3.63) is 32.9 Å². The number of anilines is 1. The van der Waals surface area contributed by atoms with E-state index < -0.39 is 16.0 Å². The Morgan fingerprint density at radius 3 is 2.43 bits per heavy atom. The fraction of sp³-hybridized carbons (Fsp3) is 0.167. The molecule has 2 aromatic rings. The van der Waals surface area contributed by atoms with Crippen LogP contribution in [0.15, 0.2) is 17.0 Å². The molecule has 0 amide bonds. The first-order chi connectivity index (χ1) is 10.6. The summed E-state index contributed by atoms with van der Waals surface area (Å²) in [5.41, 5.74) is 0.378. The zero-order valence-corrected chi connectivity index (χ0v) is 15.6. The molecule has 2 rings (SSSR count). The maximum absolute atomic E-state index is 12.4. The van der Waals surface area contributed by atoms with E-state index in [1.807, 2.05) is 0 Å². The molecule has 11 heteroatoms. The molecule has 0 spiro atoms. The van der Waals surface area contributed by atoms with Gasteiger partial charge < -0.3 is 4.74 Å². The van der Waals surface area contributed by atoms with E-state index in [0.29, 0.717) is 5.69 Å². The summed E-state index contributed by atoms with van der Waals surface area (Å²) in [6, 6.07) is 2.37. The van der Waals surface area contributed by atoms with Gasteiger partial charge in [0.2, 0.25) is 5.06 Å². The van der Waals surface area contributed by atoms with Crippen LogP contribution in [0.3, 0.4) is 0 Å². The van der Waals surface area contributed by atoms with Crippen LogP contribution >= 0.6 is 46.1 Å². The van der Waals surface area contributed by atoms with E-state index in [9.17, 15) is 13.2 Å². The molecule has 124 valence electrons. The van der Waals surface area contributed by atoms with E-state index in [-0.39, 0.29) is 30.2 Å². The molecule has 0 aliphatic rings. The summed E-state index contributed by atoms with van der Waals surface area (Å²) in [7, 11) is -4.03. The molecule has 23 heavy (non-hydrogen) atoms. The van der Waals surface area contributed by atoms with E-state index >= 15 is 0 Å². The molecule has 0 aliphatic carbocycles. The second-order valence-electron chi connectivity index (χ2n) is 4.29. The molecule has 0 saturated heterocycles. The number of halogens is 3. The molecule has 1 aromatic carbocycles. The molecule has 1 aromatic heterocycles. The van der Waals surface area contributed by atoms with Crippen LogP contribution < -0.4 is 9.46 Å². The summed E-state index contributed by atoms with van der Waals surface area (Å²) in [6.07, 6.45) is 0. The molecule has 0 atom stereocenters. The summed E-state index contributed by atoms with van der Waals surface area (Å²) < 4.78 is 32.0. The van der Waals surface area contributed by atoms with Gasteiger partial charge in [0, 0.05) is 6.92 Å². The van der Waals surface area contributed by atoms with Crippen LogP contribution in [0.25, 0.3) is 0 Å². The maximum atomic E-state index is 12.4. The fourth-order valence-electron chi connectivity index (χ4n) is 1.53. The third-order valence-electron chi connectivity index (χ3n) is 2.48. The van der Waals surface area contributed by atoms with Crippen LogP contribution in [-0.2, 0) is 14.8 Å². The van der Waals surface area contributed by atoms with Gasteiger partial charge in [0.15, 0.2) is 5.13 Å². The van der Waals surface area contributed by atoms with Gasteiger partial charge in [-0.2, -0.15) is 0 Å². The minimum Gasteiger partial charge on any atom is -0.413 e. The highest BCUT2D eigenvalue weighted by atomic mass is 35.5. The van der Waals surface area contributed by atoms with E-state index in [4.69, 9.17) is 39.5 Å². The van der Waals surface area contributed by atoms with Crippen molar-refractivity contribution in [3.8, 4) is 5.06 Å². The van der Waals surface area contributed by atoms with Gasteiger partial charge in [-0.1, -0.05) is 46.1 Å². The molecule has 0 unspecified atom stereocenters. The number of aryl methyl sites for hydroxylation is 1. The normalized spacial score (nSPS) is 11.3. The average molecular weight is 416 g/mol. The summed E-state index contributed by atoms with van der Waals surface area (Å²) >= 11 is 18.4. The minimum atomic E-state index is -4.03. The lowest BCUT2D eigenvalue weighted by atomic mass is 10.4. The molecule has 1 heterocycles. The quantitative estimate of drug-likeness (QED) is 0.599. The van der Waals surface area contributed by atoms with Crippen LogP contribution in [0.5, 0.6) is 5.06 Å². The average Bonchev–Trinajstić information content (AvgIpc) is 2.72. The van der Waals surface area contributed by atoms with Crippen LogP contribution in [0.2, 0.25) is 15.1 Å². The number of ether oxygens (including phenoxy) is 1. The highest BCUT2D eigenvalue weighted by Gasteiger charge is 2.22. The number of thiazole rings is 1. The molecular formula is C12H9Cl3N2O4S2. The molecule has 0 aliphatic heterocycles. The SMILES string of the molecule is CC(=O)Oc1sc(NS(=O)(=O)c2cc(Cl)c(Cl)cc2Cl)nc1C. The van der Waals surface area contributed by atoms with Crippen molar-refractivity contribution in [2.45, 2.75) is 18.7 Å². The Hall–Kier alpha value is -1.06. The third-order valence-corrected chi connectivity index (χ3v) is 6.08. The van der Waals surface area contributed by atoms with Gasteiger partial charge in [0.05, 0.1) is 20.8 Å². The third kappa shape index (κ3) is 4.27. The predicted octanol–water partition coefficient (Wildman–Crippen LogP) is 4.14. The van der Waals surface area contributed by atoms with Crippen molar-refractivity contribution in [3.63, 3.8) is 0 Å². The number of carbonyl (C=O) groups excluding carboxylic acids is 1. The molecule has 0 fully saturated rings. The van der Waals surface area contributed by atoms with E-state index in [0.717, 1.165) is 17.4 Å². The van der Waals surface area contributed by atoms with Gasteiger partial charge in [-0.25, -0.2) is 13.4 Å². The number of rotatable bonds is 4. The van der Waals surface area contributed by atoms with Crippen LogP contribution in [0.4, 0.5) is 5.13 Å². The Morgan fingerprint density at radius 1 is 1.22 bits per heavy atom. The van der Waals surface area contributed by atoms with Crippen LogP contribution in [0, 0.1) is 6.92 Å². The highest BCUT2D eigenvalue weighted by Crippen LogP contribution is 2.35. The highest BCUT2D eigenvalue weighted by molar-refractivity contribution is 7.93. The number of hydrogen-bond acceptors (Lipinski definition) is 6. The standard InChI is InChI=1S/C12H9Cl3N2O4S2/c1-5-11(21-6(2)18)22-12(16-5)17-23(19,20)10-4-8(14)7(13)3-9(10)15/h3-4H,1-2H3,(H,16,17). The number of benzene rings is 1. The molecule has 0 radical (unpaired) electrons.